The van der Waals surface area contributed by atoms with Gasteiger partial charge in [0.2, 0.25) is 5.91 Å². The number of benzene rings is 3. The van der Waals surface area contributed by atoms with Crippen molar-refractivity contribution in [2.75, 3.05) is 17.6 Å². The molecule has 2 amide bonds. The minimum absolute atomic E-state index is 0.0315. The first-order chi connectivity index (χ1) is 15.6. The normalized spacial score (nSPS) is 15.4. The molecule has 4 rings (SSSR count). The van der Waals surface area contributed by atoms with Crippen LogP contribution < -0.4 is 5.32 Å². The van der Waals surface area contributed by atoms with Crippen molar-refractivity contribution < 1.29 is 9.59 Å². The maximum Gasteiger partial charge on any atom is 0.255 e. The molecule has 0 aromatic heterocycles. The number of nitrogens with zero attached hydrogens (tertiary/aromatic N) is 2. The Hall–Kier alpha value is -3.56. The molecule has 0 radical (unpaired) electrons. The standard InChI is InChI=1S/C26H23N3O2S/c27-16-14-20-6-12-23(13-7-20)28-25(31)21-8-10-22(11-9-21)26-29(24(30)18-32-26)17-15-19-4-2-1-3-5-19/h1-13,26H,14-15,17-18H2,(H,28,31). The lowest BCUT2D eigenvalue weighted by molar-refractivity contribution is -0.128. The number of anilines is 1. The zero-order chi connectivity index (χ0) is 22.3. The number of nitriles is 1. The molecule has 32 heavy (non-hydrogen) atoms. The van der Waals surface area contributed by atoms with E-state index in [0.717, 1.165) is 17.5 Å². The first kappa shape index (κ1) is 21.7. The Morgan fingerprint density at radius 2 is 1.72 bits per heavy atom. The number of rotatable bonds is 7. The summed E-state index contributed by atoms with van der Waals surface area (Å²) < 4.78 is 0. The van der Waals surface area contributed by atoms with Crippen LogP contribution in [0.4, 0.5) is 5.69 Å². The SMILES string of the molecule is N#CCc1ccc(NC(=O)c2ccc(C3SCC(=O)N3CCc3ccccc3)cc2)cc1. The molecule has 1 saturated heterocycles. The van der Waals surface area contributed by atoms with Gasteiger partial charge in [0.1, 0.15) is 5.37 Å². The van der Waals surface area contributed by atoms with Gasteiger partial charge >= 0.3 is 0 Å². The Morgan fingerprint density at radius 3 is 2.41 bits per heavy atom. The first-order valence-electron chi connectivity index (χ1n) is 10.5. The van der Waals surface area contributed by atoms with Crippen molar-refractivity contribution in [3.8, 4) is 6.07 Å². The molecule has 1 fully saturated rings. The molecule has 0 bridgehead atoms. The van der Waals surface area contributed by atoms with Gasteiger partial charge < -0.3 is 10.2 Å². The second-order valence-electron chi connectivity index (χ2n) is 7.59. The molecule has 5 nitrogen and oxygen atoms in total. The molecule has 0 aliphatic carbocycles. The van der Waals surface area contributed by atoms with Gasteiger partial charge in [0, 0.05) is 17.8 Å². The number of nitrogens with one attached hydrogen (secondary N) is 1. The van der Waals surface area contributed by atoms with E-state index in [1.807, 2.05) is 47.4 Å². The average Bonchev–Trinajstić information content (AvgIpc) is 3.20. The minimum atomic E-state index is -0.194. The summed E-state index contributed by atoms with van der Waals surface area (Å²) in [6.07, 6.45) is 1.16. The summed E-state index contributed by atoms with van der Waals surface area (Å²) in [7, 11) is 0. The molecule has 1 aliphatic rings. The third-order valence-corrected chi connectivity index (χ3v) is 6.66. The van der Waals surface area contributed by atoms with E-state index in [4.69, 9.17) is 5.26 Å². The number of hydrogen-bond donors (Lipinski definition) is 1. The summed E-state index contributed by atoms with van der Waals surface area (Å²) in [5.41, 5.74) is 4.38. The van der Waals surface area contributed by atoms with Crippen LogP contribution in [0.5, 0.6) is 0 Å². The van der Waals surface area contributed by atoms with Crippen LogP contribution in [-0.2, 0) is 17.6 Å². The fourth-order valence-corrected chi connectivity index (χ4v) is 4.88. The van der Waals surface area contributed by atoms with Gasteiger partial charge in [0.15, 0.2) is 0 Å². The number of amides is 2. The predicted molar refractivity (Wildman–Crippen MR) is 127 cm³/mol. The van der Waals surface area contributed by atoms with Crippen LogP contribution in [0.3, 0.4) is 0 Å². The van der Waals surface area contributed by atoms with Crippen LogP contribution in [0.2, 0.25) is 0 Å². The summed E-state index contributed by atoms with van der Waals surface area (Å²) >= 11 is 1.62. The van der Waals surface area contributed by atoms with Crippen molar-refractivity contribution in [2.45, 2.75) is 18.2 Å². The van der Waals surface area contributed by atoms with Crippen LogP contribution in [0.1, 0.15) is 32.4 Å². The highest BCUT2D eigenvalue weighted by Gasteiger charge is 2.32. The second kappa shape index (κ2) is 10.2. The van der Waals surface area contributed by atoms with Gasteiger partial charge in [-0.25, -0.2) is 0 Å². The lowest BCUT2D eigenvalue weighted by Gasteiger charge is -2.24. The van der Waals surface area contributed by atoms with Crippen LogP contribution in [0.25, 0.3) is 0 Å². The van der Waals surface area contributed by atoms with Crippen molar-refractivity contribution in [3.05, 3.63) is 101 Å². The van der Waals surface area contributed by atoms with Crippen LogP contribution in [0.15, 0.2) is 78.9 Å². The van der Waals surface area contributed by atoms with Crippen LogP contribution >= 0.6 is 11.8 Å². The van der Waals surface area contributed by atoms with Crippen molar-refractivity contribution in [1.29, 1.82) is 5.26 Å². The Bertz CT molecular complexity index is 1120. The molecule has 1 N–H and O–H groups in total. The fourth-order valence-electron chi connectivity index (χ4n) is 3.67. The van der Waals surface area contributed by atoms with Gasteiger partial charge in [0.25, 0.3) is 5.91 Å². The summed E-state index contributed by atoms with van der Waals surface area (Å²) in [4.78, 5) is 27.0. The molecule has 0 spiro atoms. The topological polar surface area (TPSA) is 73.2 Å². The number of hydrogen-bond acceptors (Lipinski definition) is 4. The van der Waals surface area contributed by atoms with Gasteiger partial charge in [-0.15, -0.1) is 11.8 Å². The summed E-state index contributed by atoms with van der Waals surface area (Å²) in [5, 5.41) is 11.6. The maximum absolute atomic E-state index is 12.6. The highest BCUT2D eigenvalue weighted by atomic mass is 32.2. The van der Waals surface area contributed by atoms with Gasteiger partial charge in [-0.1, -0.05) is 54.6 Å². The largest absolute Gasteiger partial charge is 0.326 e. The lowest BCUT2D eigenvalue weighted by atomic mass is 10.1. The molecule has 3 aromatic carbocycles. The van der Waals surface area contributed by atoms with Crippen LogP contribution in [-0.4, -0.2) is 29.0 Å². The van der Waals surface area contributed by atoms with Gasteiger partial charge in [-0.3, -0.25) is 9.59 Å². The van der Waals surface area contributed by atoms with E-state index in [2.05, 4.69) is 23.5 Å². The predicted octanol–water partition coefficient (Wildman–Crippen LogP) is 4.82. The average molecular weight is 442 g/mol. The lowest BCUT2D eigenvalue weighted by Crippen LogP contribution is -2.30. The monoisotopic (exact) mass is 441 g/mol. The van der Waals surface area contributed by atoms with Crippen LogP contribution in [0, 0.1) is 11.3 Å². The molecule has 1 heterocycles. The van der Waals surface area contributed by atoms with Crippen molar-refractivity contribution in [2.24, 2.45) is 0 Å². The zero-order valence-corrected chi connectivity index (χ0v) is 18.3. The summed E-state index contributed by atoms with van der Waals surface area (Å²) in [6.45, 7) is 0.671. The minimum Gasteiger partial charge on any atom is -0.326 e. The molecular formula is C26H23N3O2S. The summed E-state index contributed by atoms with van der Waals surface area (Å²) in [6, 6.07) is 27.0. The first-order valence-corrected chi connectivity index (χ1v) is 11.5. The maximum atomic E-state index is 12.6. The third kappa shape index (κ3) is 5.19. The van der Waals surface area contributed by atoms with E-state index < -0.39 is 0 Å². The molecule has 160 valence electrons. The molecule has 0 saturated carbocycles. The van der Waals surface area contributed by atoms with E-state index in [0.29, 0.717) is 30.0 Å². The van der Waals surface area contributed by atoms with E-state index >= 15 is 0 Å². The Morgan fingerprint density at radius 1 is 1.00 bits per heavy atom. The second-order valence-corrected chi connectivity index (χ2v) is 8.66. The molecule has 6 heteroatoms. The third-order valence-electron chi connectivity index (χ3n) is 5.41. The highest BCUT2D eigenvalue weighted by Crippen LogP contribution is 2.38. The smallest absolute Gasteiger partial charge is 0.255 e. The van der Waals surface area contributed by atoms with Crippen molar-refractivity contribution in [3.63, 3.8) is 0 Å². The number of thioether (sulfide) groups is 1. The quantitative estimate of drug-likeness (QED) is 0.570. The van der Waals surface area contributed by atoms with E-state index in [9.17, 15) is 9.59 Å². The molecule has 1 aliphatic heterocycles. The number of carbonyl (C=O) groups is 2. The number of carbonyl (C=O) groups excluding carboxylic acids is 2. The molecule has 1 unspecified atom stereocenters. The van der Waals surface area contributed by atoms with E-state index in [1.165, 1.54) is 5.56 Å². The van der Waals surface area contributed by atoms with Gasteiger partial charge in [0.05, 0.1) is 18.2 Å². The van der Waals surface area contributed by atoms with Gasteiger partial charge in [-0.2, -0.15) is 5.26 Å². The van der Waals surface area contributed by atoms with Crippen molar-refractivity contribution >= 4 is 29.3 Å². The Labute approximate surface area is 192 Å². The molecule has 1 atom stereocenters. The Kier molecular flexibility index (Phi) is 6.88. The zero-order valence-electron chi connectivity index (χ0n) is 17.5. The van der Waals surface area contributed by atoms with Gasteiger partial charge in [-0.05, 0) is 47.4 Å². The fraction of sp³-hybridized carbons (Fsp3) is 0.192. The van der Waals surface area contributed by atoms with Crippen molar-refractivity contribution in [1.82, 2.24) is 4.90 Å². The molecular weight excluding hydrogens is 418 g/mol. The van der Waals surface area contributed by atoms with E-state index in [1.54, 1.807) is 36.0 Å². The highest BCUT2D eigenvalue weighted by molar-refractivity contribution is 8.00. The molecule has 3 aromatic rings. The Balaban J connectivity index is 1.40. The summed E-state index contributed by atoms with van der Waals surface area (Å²) in [5.74, 6) is 0.432. The van der Waals surface area contributed by atoms with E-state index in [-0.39, 0.29) is 17.2 Å².